The van der Waals surface area contributed by atoms with E-state index in [9.17, 15) is 8.42 Å². The van der Waals surface area contributed by atoms with Crippen molar-refractivity contribution in [2.75, 3.05) is 22.7 Å². The molecule has 188 valence electrons. The lowest BCUT2D eigenvalue weighted by Gasteiger charge is -2.18. The van der Waals surface area contributed by atoms with E-state index in [2.05, 4.69) is 53.5 Å². The van der Waals surface area contributed by atoms with Crippen LogP contribution in [0.4, 0.5) is 11.4 Å². The van der Waals surface area contributed by atoms with Gasteiger partial charge in [0.25, 0.3) is 10.0 Å². The summed E-state index contributed by atoms with van der Waals surface area (Å²) >= 11 is 3.64. The average molecular weight is 643 g/mol. The molecule has 8 nitrogen and oxygen atoms in total. The van der Waals surface area contributed by atoms with Crippen LogP contribution in [0.25, 0.3) is 31.8 Å². The SMILES string of the molecule is Cc1cc(NS(=O)(=O)c2cccc(I)c2)c2c(-c3cncc(N4CCCC4)c3)c(-c3cn[nH]c3)sc2n1. The van der Waals surface area contributed by atoms with Crippen LogP contribution in [-0.2, 0) is 10.0 Å². The zero-order chi connectivity index (χ0) is 25.6. The quantitative estimate of drug-likeness (QED) is 0.218. The minimum absolute atomic E-state index is 0.214. The maximum Gasteiger partial charge on any atom is 0.261 e. The van der Waals surface area contributed by atoms with E-state index in [1.165, 1.54) is 24.2 Å². The number of rotatable bonds is 6. The van der Waals surface area contributed by atoms with Crippen molar-refractivity contribution in [2.45, 2.75) is 24.7 Å². The number of aryl methyl sites for hydroxylation is 1. The Labute approximate surface area is 232 Å². The predicted octanol–water partition coefficient (Wildman–Crippen LogP) is 6.06. The van der Waals surface area contributed by atoms with Crippen molar-refractivity contribution in [3.05, 3.63) is 70.4 Å². The number of thiophene rings is 1. The van der Waals surface area contributed by atoms with Crippen LogP contribution in [0.1, 0.15) is 18.5 Å². The number of aromatic amines is 1. The molecule has 1 aromatic carbocycles. The molecule has 0 saturated carbocycles. The number of H-pyrrole nitrogens is 1. The van der Waals surface area contributed by atoms with Crippen molar-refractivity contribution in [2.24, 2.45) is 0 Å². The molecular formula is C26H23IN6O2S2. The molecule has 1 fully saturated rings. The standard InChI is InChI=1S/C26H23IN6O2S2/c1-16-9-22(32-37(34,35)21-6-4-5-19(27)11-21)24-23(25(36-26(24)31-16)18-13-29-30-14-18)17-10-20(15-28-12-17)33-7-2-3-8-33/h4-6,9-15H,2-3,7-8H2,1H3,(H,29,30)(H,31,32). The fourth-order valence-electron chi connectivity index (χ4n) is 4.71. The Morgan fingerprint density at radius 3 is 2.68 bits per heavy atom. The van der Waals surface area contributed by atoms with Gasteiger partial charge in [-0.1, -0.05) is 6.07 Å². The minimum atomic E-state index is -3.83. The van der Waals surface area contributed by atoms with Gasteiger partial charge in [-0.3, -0.25) is 14.8 Å². The number of hydrogen-bond donors (Lipinski definition) is 2. The van der Waals surface area contributed by atoms with Crippen LogP contribution in [0.3, 0.4) is 0 Å². The Kier molecular flexibility index (Phi) is 6.37. The lowest BCUT2D eigenvalue weighted by atomic mass is 10.0. The third-order valence-corrected chi connectivity index (χ3v) is 9.55. The number of nitrogens with one attached hydrogen (secondary N) is 2. The van der Waals surface area contributed by atoms with Gasteiger partial charge in [0.2, 0.25) is 0 Å². The van der Waals surface area contributed by atoms with Crippen LogP contribution < -0.4 is 9.62 Å². The third kappa shape index (κ3) is 4.71. The van der Waals surface area contributed by atoms with Crippen LogP contribution in [0, 0.1) is 10.5 Å². The van der Waals surface area contributed by atoms with Crippen LogP contribution in [0.5, 0.6) is 0 Å². The Hall–Kier alpha value is -3.03. The van der Waals surface area contributed by atoms with Gasteiger partial charge in [-0.15, -0.1) is 11.3 Å². The van der Waals surface area contributed by atoms with Gasteiger partial charge in [0, 0.05) is 61.7 Å². The molecule has 1 aliphatic rings. The van der Waals surface area contributed by atoms with Crippen molar-refractivity contribution in [1.82, 2.24) is 20.2 Å². The summed E-state index contributed by atoms with van der Waals surface area (Å²) in [6.45, 7) is 3.88. The Balaban J connectivity index is 1.57. The number of halogens is 1. The molecule has 0 amide bonds. The number of pyridine rings is 2. The first-order chi connectivity index (χ1) is 17.9. The molecule has 5 heterocycles. The summed E-state index contributed by atoms with van der Waals surface area (Å²) in [7, 11) is -3.83. The van der Waals surface area contributed by atoms with Gasteiger partial charge < -0.3 is 4.90 Å². The monoisotopic (exact) mass is 642 g/mol. The van der Waals surface area contributed by atoms with Gasteiger partial charge >= 0.3 is 0 Å². The van der Waals surface area contributed by atoms with Gasteiger partial charge in [-0.25, -0.2) is 13.4 Å². The predicted molar refractivity (Wildman–Crippen MR) is 157 cm³/mol. The van der Waals surface area contributed by atoms with Crippen LogP contribution >= 0.6 is 33.9 Å². The van der Waals surface area contributed by atoms with E-state index in [1.54, 1.807) is 30.5 Å². The Bertz CT molecular complexity index is 1710. The molecule has 0 unspecified atom stereocenters. The molecule has 5 aromatic rings. The van der Waals surface area contributed by atoms with Gasteiger partial charge in [0.05, 0.1) is 28.7 Å². The number of benzene rings is 1. The number of fused-ring (bicyclic) bond motifs is 1. The lowest BCUT2D eigenvalue weighted by Crippen LogP contribution is -2.17. The zero-order valence-electron chi connectivity index (χ0n) is 19.9. The Morgan fingerprint density at radius 2 is 1.92 bits per heavy atom. The molecule has 11 heteroatoms. The fraction of sp³-hybridized carbons (Fsp3) is 0.192. The van der Waals surface area contributed by atoms with Crippen molar-refractivity contribution < 1.29 is 8.42 Å². The molecule has 0 aliphatic carbocycles. The largest absolute Gasteiger partial charge is 0.370 e. The highest BCUT2D eigenvalue weighted by Gasteiger charge is 2.24. The minimum Gasteiger partial charge on any atom is -0.370 e. The summed E-state index contributed by atoms with van der Waals surface area (Å²) < 4.78 is 30.6. The number of anilines is 2. The Morgan fingerprint density at radius 1 is 1.08 bits per heavy atom. The second kappa shape index (κ2) is 9.69. The first-order valence-electron chi connectivity index (χ1n) is 11.8. The zero-order valence-corrected chi connectivity index (χ0v) is 23.7. The van der Waals surface area contributed by atoms with Crippen molar-refractivity contribution in [3.63, 3.8) is 0 Å². The average Bonchev–Trinajstić information content (AvgIpc) is 3.65. The second-order valence-electron chi connectivity index (χ2n) is 8.97. The molecular weight excluding hydrogens is 619 g/mol. The molecule has 0 radical (unpaired) electrons. The van der Waals surface area contributed by atoms with E-state index < -0.39 is 10.0 Å². The van der Waals surface area contributed by atoms with E-state index in [4.69, 9.17) is 4.98 Å². The van der Waals surface area contributed by atoms with E-state index >= 15 is 0 Å². The molecule has 0 atom stereocenters. The molecule has 2 N–H and O–H groups in total. The van der Waals surface area contributed by atoms with Crippen molar-refractivity contribution >= 4 is 65.5 Å². The van der Waals surface area contributed by atoms with Gasteiger partial charge in [0.15, 0.2) is 0 Å². The summed E-state index contributed by atoms with van der Waals surface area (Å²) in [6, 6.07) is 10.8. The molecule has 1 saturated heterocycles. The van der Waals surface area contributed by atoms with Gasteiger partial charge in [-0.2, -0.15) is 5.10 Å². The summed E-state index contributed by atoms with van der Waals surface area (Å²) in [4.78, 5) is 13.6. The smallest absolute Gasteiger partial charge is 0.261 e. The highest BCUT2D eigenvalue weighted by Crippen LogP contribution is 2.47. The number of nitrogens with zero attached hydrogens (tertiary/aromatic N) is 4. The lowest BCUT2D eigenvalue weighted by molar-refractivity contribution is 0.601. The normalized spacial score (nSPS) is 13.9. The van der Waals surface area contributed by atoms with Crippen LogP contribution in [0.15, 0.2) is 66.1 Å². The first-order valence-corrected chi connectivity index (χ1v) is 15.2. The molecule has 0 bridgehead atoms. The van der Waals surface area contributed by atoms with Crippen molar-refractivity contribution in [1.29, 1.82) is 0 Å². The summed E-state index contributed by atoms with van der Waals surface area (Å²) in [6.07, 6.45) is 9.67. The van der Waals surface area contributed by atoms with Gasteiger partial charge in [0.1, 0.15) is 4.83 Å². The third-order valence-electron chi connectivity index (χ3n) is 6.38. The van der Waals surface area contributed by atoms with E-state index in [0.29, 0.717) is 5.69 Å². The number of hydrogen-bond acceptors (Lipinski definition) is 7. The highest BCUT2D eigenvalue weighted by atomic mass is 127. The molecule has 4 aromatic heterocycles. The maximum absolute atomic E-state index is 13.5. The van der Waals surface area contributed by atoms with E-state index in [-0.39, 0.29) is 4.90 Å². The summed E-state index contributed by atoms with van der Waals surface area (Å²) in [5, 5.41) is 7.81. The topological polar surface area (TPSA) is 104 Å². The van der Waals surface area contributed by atoms with E-state index in [1.807, 2.05) is 31.6 Å². The summed E-state index contributed by atoms with van der Waals surface area (Å²) in [5.41, 5.74) is 4.99. The fourth-order valence-corrected chi connectivity index (χ4v) is 7.82. The molecule has 37 heavy (non-hydrogen) atoms. The van der Waals surface area contributed by atoms with Gasteiger partial charge in [-0.05, 0) is 72.7 Å². The molecule has 6 rings (SSSR count). The number of aromatic nitrogens is 4. The maximum atomic E-state index is 13.5. The summed E-state index contributed by atoms with van der Waals surface area (Å²) in [5.74, 6) is 0. The second-order valence-corrected chi connectivity index (χ2v) is 12.9. The molecule has 0 spiro atoms. The highest BCUT2D eigenvalue weighted by molar-refractivity contribution is 14.1. The first kappa shape index (κ1) is 24.3. The van der Waals surface area contributed by atoms with Crippen molar-refractivity contribution in [3.8, 4) is 21.6 Å². The van der Waals surface area contributed by atoms with E-state index in [0.717, 1.165) is 59.8 Å². The van der Waals surface area contributed by atoms with Crippen LogP contribution in [0.2, 0.25) is 0 Å². The molecule has 1 aliphatic heterocycles. The number of sulfonamides is 1. The van der Waals surface area contributed by atoms with Crippen LogP contribution in [-0.4, -0.2) is 41.7 Å².